The SMILES string of the molecule is NCC1CSc2cccc(O)c21. The fourth-order valence-electron chi connectivity index (χ4n) is 1.53. The minimum atomic E-state index is 0.339. The van der Waals surface area contributed by atoms with E-state index in [0.717, 1.165) is 11.3 Å². The molecule has 1 heterocycles. The van der Waals surface area contributed by atoms with E-state index < -0.39 is 0 Å². The van der Waals surface area contributed by atoms with Crippen LogP contribution in [0.3, 0.4) is 0 Å². The molecule has 2 nitrogen and oxygen atoms in total. The molecular formula is C9H11NOS. The maximum Gasteiger partial charge on any atom is 0.120 e. The molecule has 1 aliphatic rings. The van der Waals surface area contributed by atoms with Crippen LogP contribution < -0.4 is 5.73 Å². The normalized spacial score (nSPS) is 20.9. The van der Waals surface area contributed by atoms with Crippen LogP contribution in [0, 0.1) is 0 Å². The summed E-state index contributed by atoms with van der Waals surface area (Å²) in [5.41, 5.74) is 6.64. The molecule has 3 heteroatoms. The van der Waals surface area contributed by atoms with E-state index in [-0.39, 0.29) is 0 Å². The number of hydrogen-bond acceptors (Lipinski definition) is 3. The number of benzene rings is 1. The molecule has 0 fully saturated rings. The predicted molar refractivity (Wildman–Crippen MR) is 50.6 cm³/mol. The van der Waals surface area contributed by atoms with Gasteiger partial charge in [-0.25, -0.2) is 0 Å². The van der Waals surface area contributed by atoms with Crippen molar-refractivity contribution in [3.63, 3.8) is 0 Å². The Kier molecular flexibility index (Phi) is 1.98. The smallest absolute Gasteiger partial charge is 0.120 e. The second-order valence-electron chi connectivity index (χ2n) is 2.93. The van der Waals surface area contributed by atoms with Crippen molar-refractivity contribution in [2.75, 3.05) is 12.3 Å². The van der Waals surface area contributed by atoms with Crippen LogP contribution in [-0.2, 0) is 0 Å². The van der Waals surface area contributed by atoms with E-state index >= 15 is 0 Å². The number of thioether (sulfide) groups is 1. The first-order valence-electron chi connectivity index (χ1n) is 3.97. The van der Waals surface area contributed by atoms with E-state index in [0.29, 0.717) is 18.2 Å². The molecule has 0 spiro atoms. The molecule has 0 saturated heterocycles. The van der Waals surface area contributed by atoms with Crippen LogP contribution in [0.2, 0.25) is 0 Å². The third-order valence-electron chi connectivity index (χ3n) is 2.18. The molecule has 1 aromatic carbocycles. The van der Waals surface area contributed by atoms with Crippen molar-refractivity contribution in [2.45, 2.75) is 10.8 Å². The zero-order valence-corrected chi connectivity index (χ0v) is 7.47. The van der Waals surface area contributed by atoms with Gasteiger partial charge < -0.3 is 10.8 Å². The molecule has 1 aromatic rings. The largest absolute Gasteiger partial charge is 0.508 e. The molecule has 0 bridgehead atoms. The van der Waals surface area contributed by atoms with Crippen LogP contribution in [-0.4, -0.2) is 17.4 Å². The van der Waals surface area contributed by atoms with Crippen LogP contribution in [0.5, 0.6) is 5.75 Å². The third-order valence-corrected chi connectivity index (χ3v) is 3.41. The van der Waals surface area contributed by atoms with Gasteiger partial charge in [0, 0.05) is 28.7 Å². The van der Waals surface area contributed by atoms with Gasteiger partial charge >= 0.3 is 0 Å². The van der Waals surface area contributed by atoms with Crippen LogP contribution in [0.1, 0.15) is 11.5 Å². The fourth-order valence-corrected chi connectivity index (χ4v) is 2.81. The van der Waals surface area contributed by atoms with Gasteiger partial charge in [0.1, 0.15) is 5.75 Å². The maximum absolute atomic E-state index is 9.56. The molecule has 2 rings (SSSR count). The lowest BCUT2D eigenvalue weighted by Crippen LogP contribution is -2.11. The topological polar surface area (TPSA) is 46.2 Å². The van der Waals surface area contributed by atoms with Gasteiger partial charge in [0.2, 0.25) is 0 Å². The van der Waals surface area contributed by atoms with Crippen LogP contribution in [0.15, 0.2) is 23.1 Å². The molecule has 12 heavy (non-hydrogen) atoms. The first-order chi connectivity index (χ1) is 5.83. The molecule has 64 valence electrons. The number of fused-ring (bicyclic) bond motifs is 1. The Morgan fingerprint density at radius 2 is 2.42 bits per heavy atom. The van der Waals surface area contributed by atoms with Crippen LogP contribution in [0.25, 0.3) is 0 Å². The first-order valence-corrected chi connectivity index (χ1v) is 4.96. The van der Waals surface area contributed by atoms with E-state index in [1.807, 2.05) is 12.1 Å². The Bertz CT molecular complexity index is 301. The van der Waals surface area contributed by atoms with Crippen molar-refractivity contribution >= 4 is 11.8 Å². The summed E-state index contributed by atoms with van der Waals surface area (Å²) in [6.45, 7) is 0.623. The van der Waals surface area contributed by atoms with Crippen molar-refractivity contribution in [1.29, 1.82) is 0 Å². The summed E-state index contributed by atoms with van der Waals surface area (Å²) in [7, 11) is 0. The summed E-state index contributed by atoms with van der Waals surface area (Å²) in [6, 6.07) is 5.64. The summed E-state index contributed by atoms with van der Waals surface area (Å²) in [4.78, 5) is 1.19. The number of hydrogen-bond donors (Lipinski definition) is 2. The van der Waals surface area contributed by atoms with E-state index in [4.69, 9.17) is 5.73 Å². The highest BCUT2D eigenvalue weighted by Gasteiger charge is 2.24. The average molecular weight is 181 g/mol. The Labute approximate surface area is 75.8 Å². The van der Waals surface area contributed by atoms with Crippen molar-refractivity contribution < 1.29 is 5.11 Å². The fraction of sp³-hybridized carbons (Fsp3) is 0.333. The van der Waals surface area contributed by atoms with E-state index in [9.17, 15) is 5.11 Å². The lowest BCUT2D eigenvalue weighted by atomic mass is 10.0. The van der Waals surface area contributed by atoms with E-state index in [2.05, 4.69) is 0 Å². The van der Waals surface area contributed by atoms with E-state index in [1.165, 1.54) is 4.90 Å². The molecule has 0 aliphatic carbocycles. The van der Waals surface area contributed by atoms with Crippen molar-refractivity contribution in [1.82, 2.24) is 0 Å². The quantitative estimate of drug-likeness (QED) is 0.691. The third kappa shape index (κ3) is 1.09. The number of rotatable bonds is 1. The molecule has 1 atom stereocenters. The number of phenols is 1. The number of nitrogens with two attached hydrogens (primary N) is 1. The molecule has 0 radical (unpaired) electrons. The van der Waals surface area contributed by atoms with Gasteiger partial charge in [-0.1, -0.05) is 6.07 Å². The van der Waals surface area contributed by atoms with Gasteiger partial charge in [-0.15, -0.1) is 11.8 Å². The van der Waals surface area contributed by atoms with Gasteiger partial charge in [0.05, 0.1) is 0 Å². The Morgan fingerprint density at radius 1 is 1.58 bits per heavy atom. The minimum absolute atomic E-state index is 0.339. The highest BCUT2D eigenvalue weighted by molar-refractivity contribution is 7.99. The van der Waals surface area contributed by atoms with Gasteiger partial charge in [-0.3, -0.25) is 0 Å². The van der Waals surface area contributed by atoms with Gasteiger partial charge in [-0.05, 0) is 12.1 Å². The summed E-state index contributed by atoms with van der Waals surface area (Å²) in [5.74, 6) is 1.74. The molecule has 1 aliphatic heterocycles. The van der Waals surface area contributed by atoms with Gasteiger partial charge in [-0.2, -0.15) is 0 Å². The highest BCUT2D eigenvalue weighted by atomic mass is 32.2. The minimum Gasteiger partial charge on any atom is -0.508 e. The van der Waals surface area contributed by atoms with Gasteiger partial charge in [0.25, 0.3) is 0 Å². The van der Waals surface area contributed by atoms with Gasteiger partial charge in [0.15, 0.2) is 0 Å². The summed E-state index contributed by atoms with van der Waals surface area (Å²) >= 11 is 1.77. The van der Waals surface area contributed by atoms with Crippen molar-refractivity contribution in [2.24, 2.45) is 5.73 Å². The predicted octanol–water partition coefficient (Wildman–Crippen LogP) is 1.54. The van der Waals surface area contributed by atoms with Crippen molar-refractivity contribution in [3.8, 4) is 5.75 Å². The lowest BCUT2D eigenvalue weighted by Gasteiger charge is -2.08. The lowest BCUT2D eigenvalue weighted by molar-refractivity contribution is 0.462. The zero-order valence-electron chi connectivity index (χ0n) is 6.66. The first kappa shape index (κ1) is 7.95. The monoisotopic (exact) mass is 181 g/mol. The Hall–Kier alpha value is -0.670. The Morgan fingerprint density at radius 3 is 3.17 bits per heavy atom. The zero-order chi connectivity index (χ0) is 8.55. The van der Waals surface area contributed by atoms with E-state index in [1.54, 1.807) is 17.8 Å². The standard InChI is InChI=1S/C9H11NOS/c10-4-6-5-12-8-3-1-2-7(11)9(6)8/h1-3,6,11H,4-5,10H2. The number of aromatic hydroxyl groups is 1. The molecule has 1 unspecified atom stereocenters. The Balaban J connectivity index is 2.48. The summed E-state index contributed by atoms with van der Waals surface area (Å²) in [6.07, 6.45) is 0. The second kappa shape index (κ2) is 2.99. The molecule has 3 N–H and O–H groups in total. The second-order valence-corrected chi connectivity index (χ2v) is 3.99. The summed E-state index contributed by atoms with van der Waals surface area (Å²) in [5, 5.41) is 9.56. The van der Waals surface area contributed by atoms with Crippen molar-refractivity contribution in [3.05, 3.63) is 23.8 Å². The molecular weight excluding hydrogens is 170 g/mol. The number of phenolic OH excluding ortho intramolecular Hbond substituents is 1. The summed E-state index contributed by atoms with van der Waals surface area (Å²) < 4.78 is 0. The molecule has 0 amide bonds. The van der Waals surface area contributed by atoms with Crippen LogP contribution >= 0.6 is 11.8 Å². The molecule has 0 aromatic heterocycles. The van der Waals surface area contributed by atoms with Crippen LogP contribution in [0.4, 0.5) is 0 Å². The highest BCUT2D eigenvalue weighted by Crippen LogP contribution is 2.43. The molecule has 0 saturated carbocycles. The maximum atomic E-state index is 9.56. The average Bonchev–Trinajstić information content (AvgIpc) is 2.49.